The number of rotatable bonds is 9. The maximum atomic E-state index is 5.40. The molecule has 0 fully saturated rings. The van der Waals surface area contributed by atoms with Crippen molar-refractivity contribution >= 4 is 41.3 Å². The van der Waals surface area contributed by atoms with Crippen molar-refractivity contribution in [1.82, 2.24) is 15.6 Å². The molecule has 29 heavy (non-hydrogen) atoms. The lowest BCUT2D eigenvalue weighted by Crippen LogP contribution is -2.39. The Morgan fingerprint density at radius 2 is 1.76 bits per heavy atom. The Bertz CT molecular complexity index is 843. The number of nitrogens with zero attached hydrogens (tertiary/aromatic N) is 2. The second-order valence-electron chi connectivity index (χ2n) is 6.65. The molecule has 0 spiro atoms. The number of halogens is 1. The molecule has 0 aliphatic rings. The first-order chi connectivity index (χ1) is 13.7. The molecule has 1 aromatic carbocycles. The highest BCUT2D eigenvalue weighted by Gasteiger charge is 2.04. The fourth-order valence-corrected chi connectivity index (χ4v) is 3.74. The molecule has 0 unspecified atom stereocenters. The van der Waals surface area contributed by atoms with E-state index in [2.05, 4.69) is 53.7 Å². The number of guanidine groups is 1. The number of aliphatic imine (C=N–C) groups is 1. The molecule has 2 aromatic heterocycles. The Morgan fingerprint density at radius 1 is 1.00 bits per heavy atom. The van der Waals surface area contributed by atoms with Crippen molar-refractivity contribution in [2.45, 2.75) is 33.1 Å². The average Bonchev–Trinajstić information content (AvgIpc) is 3.32. The van der Waals surface area contributed by atoms with Crippen LogP contribution >= 0.6 is 35.3 Å². The van der Waals surface area contributed by atoms with E-state index in [9.17, 15) is 0 Å². The zero-order valence-electron chi connectivity index (χ0n) is 17.0. The lowest BCUT2D eigenvalue weighted by molar-refractivity contribution is 0.506. The highest BCUT2D eigenvalue weighted by atomic mass is 127. The zero-order chi connectivity index (χ0) is 19.6. The van der Waals surface area contributed by atoms with E-state index in [1.54, 1.807) is 17.6 Å². The second kappa shape index (κ2) is 12.6. The van der Waals surface area contributed by atoms with Gasteiger partial charge in [0.05, 0.1) is 17.0 Å². The third kappa shape index (κ3) is 8.18. The lowest BCUT2D eigenvalue weighted by Gasteiger charge is -2.12. The molecule has 0 aliphatic heterocycles. The van der Waals surface area contributed by atoms with Crippen molar-refractivity contribution in [3.05, 3.63) is 75.6 Å². The number of aromatic nitrogens is 1. The highest BCUT2D eigenvalue weighted by Crippen LogP contribution is 2.16. The molecule has 0 radical (unpaired) electrons. The summed E-state index contributed by atoms with van der Waals surface area (Å²) in [5.41, 5.74) is 2.44. The fourth-order valence-electron chi connectivity index (χ4n) is 2.81. The standard InChI is InChI=1S/C22H28N4OS.HI/c1-17-18(2)28-21(26-17)12-15-25-22(24-14-11-20-9-6-16-27-20)23-13-10-19-7-4-3-5-8-19;/h3-9,16H,10-15H2,1-2H3,(H2,23,24,25);1H. The van der Waals surface area contributed by atoms with E-state index in [-0.39, 0.29) is 24.0 Å². The van der Waals surface area contributed by atoms with E-state index in [1.807, 2.05) is 18.2 Å². The molecule has 3 rings (SSSR count). The van der Waals surface area contributed by atoms with Gasteiger partial charge in [-0.1, -0.05) is 30.3 Å². The molecule has 0 amide bonds. The first-order valence-corrected chi connectivity index (χ1v) is 10.5. The van der Waals surface area contributed by atoms with Gasteiger partial charge in [-0.2, -0.15) is 0 Å². The largest absolute Gasteiger partial charge is 0.469 e. The molecule has 0 saturated carbocycles. The van der Waals surface area contributed by atoms with Gasteiger partial charge in [0, 0.05) is 37.4 Å². The van der Waals surface area contributed by atoms with Gasteiger partial charge < -0.3 is 15.1 Å². The van der Waals surface area contributed by atoms with Crippen LogP contribution in [0.15, 0.2) is 58.1 Å². The Labute approximate surface area is 194 Å². The summed E-state index contributed by atoms with van der Waals surface area (Å²) in [6.45, 7) is 6.51. The van der Waals surface area contributed by atoms with E-state index in [0.717, 1.165) is 54.8 Å². The number of thiazole rings is 1. The normalized spacial score (nSPS) is 11.2. The minimum Gasteiger partial charge on any atom is -0.469 e. The minimum atomic E-state index is 0. The topological polar surface area (TPSA) is 62.5 Å². The fraction of sp³-hybridized carbons (Fsp3) is 0.364. The maximum Gasteiger partial charge on any atom is 0.191 e. The SMILES string of the molecule is Cc1nc(CCN=C(NCCc2ccccc2)NCCc2ccco2)sc1C.I. The molecule has 156 valence electrons. The van der Waals surface area contributed by atoms with Crippen LogP contribution in [0.4, 0.5) is 0 Å². The molecule has 2 N–H and O–H groups in total. The van der Waals surface area contributed by atoms with E-state index in [1.165, 1.54) is 10.4 Å². The molecule has 0 saturated heterocycles. The summed E-state index contributed by atoms with van der Waals surface area (Å²) in [5.74, 6) is 1.82. The van der Waals surface area contributed by atoms with Crippen molar-refractivity contribution in [3.63, 3.8) is 0 Å². The van der Waals surface area contributed by atoms with Crippen molar-refractivity contribution < 1.29 is 4.42 Å². The van der Waals surface area contributed by atoms with Crippen LogP contribution in [0.1, 0.15) is 26.9 Å². The van der Waals surface area contributed by atoms with Gasteiger partial charge in [0.15, 0.2) is 5.96 Å². The third-order valence-corrected chi connectivity index (χ3v) is 5.59. The Balaban J connectivity index is 0.00000300. The summed E-state index contributed by atoms with van der Waals surface area (Å²) in [6, 6.07) is 14.4. The van der Waals surface area contributed by atoms with Crippen LogP contribution in [0.2, 0.25) is 0 Å². The molecular formula is C22H29IN4OS. The molecular weight excluding hydrogens is 495 g/mol. The van der Waals surface area contributed by atoms with Crippen LogP contribution in [-0.4, -0.2) is 30.6 Å². The molecule has 2 heterocycles. The monoisotopic (exact) mass is 524 g/mol. The first kappa shape index (κ1) is 23.4. The van der Waals surface area contributed by atoms with Gasteiger partial charge >= 0.3 is 0 Å². The van der Waals surface area contributed by atoms with Crippen LogP contribution in [-0.2, 0) is 19.3 Å². The minimum absolute atomic E-state index is 0. The van der Waals surface area contributed by atoms with Gasteiger partial charge in [-0.15, -0.1) is 35.3 Å². The van der Waals surface area contributed by atoms with E-state index in [0.29, 0.717) is 6.54 Å². The molecule has 0 atom stereocenters. The van der Waals surface area contributed by atoms with Crippen LogP contribution in [0.5, 0.6) is 0 Å². The predicted molar refractivity (Wildman–Crippen MR) is 132 cm³/mol. The summed E-state index contributed by atoms with van der Waals surface area (Å²) in [4.78, 5) is 10.6. The van der Waals surface area contributed by atoms with Gasteiger partial charge in [-0.05, 0) is 38.0 Å². The summed E-state index contributed by atoms with van der Waals surface area (Å²) in [6.07, 6.45) is 4.37. The molecule has 3 aromatic rings. The highest BCUT2D eigenvalue weighted by molar-refractivity contribution is 14.0. The number of hydrogen-bond donors (Lipinski definition) is 2. The van der Waals surface area contributed by atoms with Crippen molar-refractivity contribution in [1.29, 1.82) is 0 Å². The predicted octanol–water partition coefficient (Wildman–Crippen LogP) is 4.53. The Morgan fingerprint density at radius 3 is 2.41 bits per heavy atom. The number of furan rings is 1. The van der Waals surface area contributed by atoms with Crippen molar-refractivity contribution in [3.8, 4) is 0 Å². The van der Waals surface area contributed by atoms with Crippen LogP contribution in [0.3, 0.4) is 0 Å². The summed E-state index contributed by atoms with van der Waals surface area (Å²) < 4.78 is 5.40. The summed E-state index contributed by atoms with van der Waals surface area (Å²) >= 11 is 1.76. The van der Waals surface area contributed by atoms with Gasteiger partial charge in [-0.25, -0.2) is 4.98 Å². The van der Waals surface area contributed by atoms with E-state index in [4.69, 9.17) is 9.41 Å². The summed E-state index contributed by atoms with van der Waals surface area (Å²) in [5, 5.41) is 8.00. The molecule has 7 heteroatoms. The number of benzene rings is 1. The molecule has 0 bridgehead atoms. The number of hydrogen-bond acceptors (Lipinski definition) is 4. The average molecular weight is 524 g/mol. The molecule has 5 nitrogen and oxygen atoms in total. The lowest BCUT2D eigenvalue weighted by atomic mass is 10.1. The van der Waals surface area contributed by atoms with Crippen molar-refractivity contribution in [2.75, 3.05) is 19.6 Å². The third-order valence-electron chi connectivity index (χ3n) is 4.46. The Kier molecular flexibility index (Phi) is 10.2. The van der Waals surface area contributed by atoms with Gasteiger partial charge in [0.1, 0.15) is 5.76 Å². The number of aryl methyl sites for hydroxylation is 2. The number of nitrogens with one attached hydrogen (secondary N) is 2. The first-order valence-electron chi connectivity index (χ1n) is 9.72. The van der Waals surface area contributed by atoms with Crippen LogP contribution in [0.25, 0.3) is 0 Å². The summed E-state index contributed by atoms with van der Waals surface area (Å²) in [7, 11) is 0. The van der Waals surface area contributed by atoms with E-state index >= 15 is 0 Å². The van der Waals surface area contributed by atoms with Gasteiger partial charge in [0.25, 0.3) is 0 Å². The molecule has 0 aliphatic carbocycles. The second-order valence-corrected chi connectivity index (χ2v) is 7.94. The van der Waals surface area contributed by atoms with Crippen LogP contribution < -0.4 is 10.6 Å². The van der Waals surface area contributed by atoms with E-state index < -0.39 is 0 Å². The van der Waals surface area contributed by atoms with Crippen molar-refractivity contribution in [2.24, 2.45) is 4.99 Å². The maximum absolute atomic E-state index is 5.40. The zero-order valence-corrected chi connectivity index (χ0v) is 20.1. The quantitative estimate of drug-likeness (QED) is 0.245. The van der Waals surface area contributed by atoms with Gasteiger partial charge in [-0.3, -0.25) is 4.99 Å². The Hall–Kier alpha value is -1.87. The van der Waals surface area contributed by atoms with Crippen LogP contribution in [0, 0.1) is 13.8 Å². The van der Waals surface area contributed by atoms with Gasteiger partial charge in [0.2, 0.25) is 0 Å². The smallest absolute Gasteiger partial charge is 0.191 e.